The minimum atomic E-state index is -0.322. The van der Waals surface area contributed by atoms with Gasteiger partial charge in [-0.2, -0.15) is 0 Å². The van der Waals surface area contributed by atoms with Crippen molar-refractivity contribution in [2.24, 2.45) is 14.1 Å². The fourth-order valence-electron chi connectivity index (χ4n) is 2.19. The van der Waals surface area contributed by atoms with Crippen LogP contribution in [0.15, 0.2) is 33.9 Å². The molecule has 0 atom stereocenters. The Kier molecular flexibility index (Phi) is 3.79. The van der Waals surface area contributed by atoms with Crippen molar-refractivity contribution in [2.45, 2.75) is 13.8 Å². The Bertz CT molecular complexity index is 757. The van der Waals surface area contributed by atoms with E-state index >= 15 is 0 Å². The number of hydrogen-bond acceptors (Lipinski definition) is 3. The maximum Gasteiger partial charge on any atom is 0.330 e. The molecule has 0 radical (unpaired) electrons. The molecule has 0 aliphatic heterocycles. The predicted octanol–water partition coefficient (Wildman–Crippen LogP) is 1.46. The first-order valence-corrected chi connectivity index (χ1v) is 6.47. The highest BCUT2D eigenvalue weighted by Crippen LogP contribution is 2.23. The highest BCUT2D eigenvalue weighted by atomic mass is 16.5. The molecule has 0 aliphatic carbocycles. The molecule has 106 valence electrons. The standard InChI is InChI=1S/C15H18N2O3/c1-5-20-12-8-6-7-11(9-12)13-10(2)16(3)15(19)17(4)14(13)18/h6-9H,5H2,1-4H3. The first kappa shape index (κ1) is 14.1. The van der Waals surface area contributed by atoms with Gasteiger partial charge in [-0.3, -0.25) is 9.36 Å². The van der Waals surface area contributed by atoms with Crippen LogP contribution in [0.2, 0.25) is 0 Å². The highest BCUT2D eigenvalue weighted by Gasteiger charge is 2.14. The summed E-state index contributed by atoms with van der Waals surface area (Å²) in [5.41, 5.74) is 1.31. The molecule has 20 heavy (non-hydrogen) atoms. The van der Waals surface area contributed by atoms with E-state index in [0.29, 0.717) is 23.6 Å². The van der Waals surface area contributed by atoms with Crippen LogP contribution in [0, 0.1) is 6.92 Å². The van der Waals surface area contributed by atoms with Crippen LogP contribution in [0.5, 0.6) is 5.75 Å². The molecular weight excluding hydrogens is 256 g/mol. The minimum Gasteiger partial charge on any atom is -0.494 e. The molecule has 0 fully saturated rings. The lowest BCUT2D eigenvalue weighted by Crippen LogP contribution is -2.39. The lowest BCUT2D eigenvalue weighted by atomic mass is 10.1. The van der Waals surface area contributed by atoms with Gasteiger partial charge in [0.15, 0.2) is 0 Å². The Morgan fingerprint density at radius 1 is 1.15 bits per heavy atom. The van der Waals surface area contributed by atoms with Crippen LogP contribution in [0.25, 0.3) is 11.1 Å². The van der Waals surface area contributed by atoms with Gasteiger partial charge < -0.3 is 9.30 Å². The monoisotopic (exact) mass is 274 g/mol. The Hall–Kier alpha value is -2.30. The Morgan fingerprint density at radius 2 is 1.85 bits per heavy atom. The number of rotatable bonds is 3. The van der Waals surface area contributed by atoms with E-state index < -0.39 is 0 Å². The third-order valence-corrected chi connectivity index (χ3v) is 3.39. The summed E-state index contributed by atoms with van der Waals surface area (Å²) in [6, 6.07) is 7.34. The fourth-order valence-corrected chi connectivity index (χ4v) is 2.19. The summed E-state index contributed by atoms with van der Waals surface area (Å²) in [6.07, 6.45) is 0. The number of aromatic nitrogens is 2. The zero-order chi connectivity index (χ0) is 14.9. The summed E-state index contributed by atoms with van der Waals surface area (Å²) in [5, 5.41) is 0. The maximum atomic E-state index is 12.3. The second kappa shape index (κ2) is 5.36. The molecule has 2 rings (SSSR count). The molecule has 0 N–H and O–H groups in total. The summed E-state index contributed by atoms with van der Waals surface area (Å²) in [6.45, 7) is 4.24. The fraction of sp³-hybridized carbons (Fsp3) is 0.333. The van der Waals surface area contributed by atoms with Crippen molar-refractivity contribution in [1.29, 1.82) is 0 Å². The van der Waals surface area contributed by atoms with E-state index in [4.69, 9.17) is 4.74 Å². The van der Waals surface area contributed by atoms with E-state index in [1.54, 1.807) is 14.0 Å². The van der Waals surface area contributed by atoms with Crippen molar-refractivity contribution >= 4 is 0 Å². The topological polar surface area (TPSA) is 53.2 Å². The number of nitrogens with zero attached hydrogens (tertiary/aromatic N) is 2. The van der Waals surface area contributed by atoms with Crippen molar-refractivity contribution in [3.05, 3.63) is 50.8 Å². The van der Waals surface area contributed by atoms with Gasteiger partial charge in [0, 0.05) is 19.8 Å². The number of hydrogen-bond donors (Lipinski definition) is 0. The Morgan fingerprint density at radius 3 is 2.50 bits per heavy atom. The molecular formula is C15H18N2O3. The molecule has 0 unspecified atom stereocenters. The molecule has 1 aromatic carbocycles. The number of ether oxygens (including phenoxy) is 1. The molecule has 1 aromatic heterocycles. The van der Waals surface area contributed by atoms with Crippen molar-refractivity contribution in [1.82, 2.24) is 9.13 Å². The molecule has 0 bridgehead atoms. The third-order valence-electron chi connectivity index (χ3n) is 3.39. The lowest BCUT2D eigenvalue weighted by molar-refractivity contribution is 0.340. The normalized spacial score (nSPS) is 10.6. The third kappa shape index (κ3) is 2.27. The summed E-state index contributed by atoms with van der Waals surface area (Å²) >= 11 is 0. The van der Waals surface area contributed by atoms with Gasteiger partial charge in [0.05, 0.1) is 12.2 Å². The van der Waals surface area contributed by atoms with E-state index in [1.165, 1.54) is 11.6 Å². The van der Waals surface area contributed by atoms with Gasteiger partial charge in [0.1, 0.15) is 5.75 Å². The van der Waals surface area contributed by atoms with E-state index in [9.17, 15) is 9.59 Å². The van der Waals surface area contributed by atoms with Crippen LogP contribution < -0.4 is 16.0 Å². The van der Waals surface area contributed by atoms with Gasteiger partial charge in [0.25, 0.3) is 5.56 Å². The quantitative estimate of drug-likeness (QED) is 0.851. The SMILES string of the molecule is CCOc1cccc(-c2c(C)n(C)c(=O)n(C)c2=O)c1. The van der Waals surface area contributed by atoms with Crippen molar-refractivity contribution in [3.8, 4) is 16.9 Å². The molecule has 0 spiro atoms. The first-order valence-electron chi connectivity index (χ1n) is 6.47. The average molecular weight is 274 g/mol. The van der Waals surface area contributed by atoms with Crippen LogP contribution in [0.4, 0.5) is 0 Å². The van der Waals surface area contributed by atoms with Gasteiger partial charge in [-0.25, -0.2) is 4.79 Å². The molecule has 5 nitrogen and oxygen atoms in total. The second-order valence-electron chi connectivity index (χ2n) is 4.63. The molecule has 5 heteroatoms. The predicted molar refractivity (Wildman–Crippen MR) is 78.3 cm³/mol. The maximum absolute atomic E-state index is 12.3. The molecule has 0 saturated carbocycles. The Labute approximate surface area is 117 Å². The first-order chi connectivity index (χ1) is 9.47. The van der Waals surface area contributed by atoms with Gasteiger partial charge in [0.2, 0.25) is 0 Å². The summed E-state index contributed by atoms with van der Waals surface area (Å²) in [7, 11) is 3.15. The van der Waals surface area contributed by atoms with E-state index in [2.05, 4.69) is 0 Å². The number of benzene rings is 1. The van der Waals surface area contributed by atoms with E-state index in [1.807, 2.05) is 31.2 Å². The minimum absolute atomic E-state index is 0.292. The average Bonchev–Trinajstić information content (AvgIpc) is 2.44. The summed E-state index contributed by atoms with van der Waals surface area (Å²) in [4.78, 5) is 24.2. The summed E-state index contributed by atoms with van der Waals surface area (Å²) in [5.74, 6) is 0.709. The van der Waals surface area contributed by atoms with Crippen LogP contribution in [0.1, 0.15) is 12.6 Å². The van der Waals surface area contributed by atoms with E-state index in [0.717, 1.165) is 10.1 Å². The van der Waals surface area contributed by atoms with Gasteiger partial charge in [-0.1, -0.05) is 12.1 Å². The summed E-state index contributed by atoms with van der Waals surface area (Å²) < 4.78 is 8.05. The van der Waals surface area contributed by atoms with Gasteiger partial charge in [-0.05, 0) is 31.5 Å². The zero-order valence-electron chi connectivity index (χ0n) is 12.1. The van der Waals surface area contributed by atoms with Crippen LogP contribution >= 0.6 is 0 Å². The Balaban J connectivity index is 2.73. The highest BCUT2D eigenvalue weighted by molar-refractivity contribution is 5.66. The van der Waals surface area contributed by atoms with Crippen molar-refractivity contribution < 1.29 is 4.74 Å². The van der Waals surface area contributed by atoms with Gasteiger partial charge in [-0.15, -0.1) is 0 Å². The lowest BCUT2D eigenvalue weighted by Gasteiger charge is -2.13. The molecule has 2 aromatic rings. The molecule has 0 amide bonds. The van der Waals surface area contributed by atoms with Crippen molar-refractivity contribution in [3.63, 3.8) is 0 Å². The molecule has 0 aliphatic rings. The smallest absolute Gasteiger partial charge is 0.330 e. The molecule has 0 saturated heterocycles. The largest absolute Gasteiger partial charge is 0.494 e. The van der Waals surface area contributed by atoms with Crippen LogP contribution in [-0.2, 0) is 14.1 Å². The van der Waals surface area contributed by atoms with E-state index in [-0.39, 0.29) is 11.2 Å². The van der Waals surface area contributed by atoms with Gasteiger partial charge >= 0.3 is 5.69 Å². The van der Waals surface area contributed by atoms with Crippen LogP contribution in [-0.4, -0.2) is 15.7 Å². The zero-order valence-corrected chi connectivity index (χ0v) is 12.1. The molecule has 1 heterocycles. The second-order valence-corrected chi connectivity index (χ2v) is 4.63. The van der Waals surface area contributed by atoms with Crippen LogP contribution in [0.3, 0.4) is 0 Å². The van der Waals surface area contributed by atoms with Crippen molar-refractivity contribution in [2.75, 3.05) is 6.61 Å².